The molecule has 14 heavy (non-hydrogen) atoms. The zero-order valence-electron chi connectivity index (χ0n) is 7.12. The second-order valence-electron chi connectivity index (χ2n) is 2.83. The van der Waals surface area contributed by atoms with E-state index in [0.29, 0.717) is 11.6 Å². The molecular formula is C8H6N6. The maximum atomic E-state index is 4.00. The van der Waals surface area contributed by atoms with Gasteiger partial charge in [0, 0.05) is 5.56 Å². The average molecular weight is 186 g/mol. The second kappa shape index (κ2) is 2.63. The predicted molar refractivity (Wildman–Crippen MR) is 48.4 cm³/mol. The van der Waals surface area contributed by atoms with E-state index in [9.17, 15) is 0 Å². The molecule has 3 aromatic rings. The van der Waals surface area contributed by atoms with Crippen LogP contribution in [0.1, 0.15) is 0 Å². The number of fused-ring (bicyclic) bond motifs is 1. The molecule has 6 nitrogen and oxygen atoms in total. The summed E-state index contributed by atoms with van der Waals surface area (Å²) >= 11 is 0. The van der Waals surface area contributed by atoms with E-state index in [1.165, 1.54) is 0 Å². The highest BCUT2D eigenvalue weighted by molar-refractivity contribution is 5.56. The Hall–Kier alpha value is -2.24. The zero-order chi connectivity index (χ0) is 9.38. The Kier molecular flexibility index (Phi) is 1.35. The Morgan fingerprint density at radius 3 is 2.71 bits per heavy atom. The number of aromatic amines is 1. The van der Waals surface area contributed by atoms with E-state index in [-0.39, 0.29) is 0 Å². The first-order valence-corrected chi connectivity index (χ1v) is 4.13. The van der Waals surface area contributed by atoms with Crippen molar-refractivity contribution in [2.24, 2.45) is 0 Å². The molecule has 0 fully saturated rings. The minimum atomic E-state index is 0.476. The first-order valence-electron chi connectivity index (χ1n) is 4.13. The second-order valence-corrected chi connectivity index (χ2v) is 2.83. The van der Waals surface area contributed by atoms with E-state index >= 15 is 0 Å². The summed E-state index contributed by atoms with van der Waals surface area (Å²) < 4.78 is 1.63. The Morgan fingerprint density at radius 2 is 1.86 bits per heavy atom. The van der Waals surface area contributed by atoms with Gasteiger partial charge >= 0.3 is 0 Å². The van der Waals surface area contributed by atoms with Crippen LogP contribution in [0, 0.1) is 0 Å². The number of rotatable bonds is 1. The van der Waals surface area contributed by atoms with E-state index in [1.54, 1.807) is 4.52 Å². The van der Waals surface area contributed by atoms with Gasteiger partial charge in [0.1, 0.15) is 0 Å². The minimum Gasteiger partial charge on any atom is -0.190 e. The van der Waals surface area contributed by atoms with E-state index in [0.717, 1.165) is 5.56 Å². The van der Waals surface area contributed by atoms with Gasteiger partial charge in [0.2, 0.25) is 0 Å². The highest BCUT2D eigenvalue weighted by Crippen LogP contribution is 2.14. The molecule has 0 aliphatic carbocycles. The van der Waals surface area contributed by atoms with Gasteiger partial charge in [-0.3, -0.25) is 0 Å². The third kappa shape index (κ3) is 0.905. The van der Waals surface area contributed by atoms with Crippen molar-refractivity contribution in [1.29, 1.82) is 0 Å². The van der Waals surface area contributed by atoms with Crippen molar-refractivity contribution in [3.8, 4) is 11.4 Å². The van der Waals surface area contributed by atoms with Crippen LogP contribution in [0.15, 0.2) is 30.3 Å². The van der Waals surface area contributed by atoms with Crippen molar-refractivity contribution < 1.29 is 0 Å². The SMILES string of the molecule is c1ccc(-c2nnc3nn[nH]n23)cc1. The molecule has 0 atom stereocenters. The summed E-state index contributed by atoms with van der Waals surface area (Å²) in [6.45, 7) is 0. The monoisotopic (exact) mass is 186 g/mol. The fourth-order valence-electron chi connectivity index (χ4n) is 1.32. The smallest absolute Gasteiger partial charge is 0.190 e. The van der Waals surface area contributed by atoms with E-state index < -0.39 is 0 Å². The summed E-state index contributed by atoms with van der Waals surface area (Å²) in [5.74, 6) is 1.19. The lowest BCUT2D eigenvalue weighted by Crippen LogP contribution is -1.89. The van der Waals surface area contributed by atoms with E-state index in [4.69, 9.17) is 0 Å². The van der Waals surface area contributed by atoms with Crippen molar-refractivity contribution in [2.75, 3.05) is 0 Å². The van der Waals surface area contributed by atoms with Gasteiger partial charge in [0.05, 0.1) is 0 Å². The average Bonchev–Trinajstić information content (AvgIpc) is 2.79. The van der Waals surface area contributed by atoms with Crippen LogP contribution >= 0.6 is 0 Å². The van der Waals surface area contributed by atoms with Gasteiger partial charge in [-0.15, -0.1) is 10.2 Å². The van der Waals surface area contributed by atoms with Crippen molar-refractivity contribution in [2.45, 2.75) is 0 Å². The van der Waals surface area contributed by atoms with Crippen molar-refractivity contribution in [3.05, 3.63) is 30.3 Å². The van der Waals surface area contributed by atoms with Crippen LogP contribution in [-0.2, 0) is 0 Å². The molecule has 0 bridgehead atoms. The molecule has 0 aliphatic heterocycles. The molecule has 0 amide bonds. The van der Waals surface area contributed by atoms with Gasteiger partial charge in [0.25, 0.3) is 5.78 Å². The Labute approximate surface area is 78.6 Å². The molecule has 0 aliphatic rings. The number of aromatic nitrogens is 6. The number of nitrogens with one attached hydrogen (secondary N) is 1. The fourth-order valence-corrected chi connectivity index (χ4v) is 1.32. The molecule has 0 saturated carbocycles. The van der Waals surface area contributed by atoms with Gasteiger partial charge in [-0.2, -0.15) is 9.73 Å². The standard InChI is InChI=1S/C8H6N6/c1-2-4-6(5-3-1)7-9-10-8-11-12-13-14(7)8/h1-5H,(H,10,11,13). The van der Waals surface area contributed by atoms with Crippen molar-refractivity contribution >= 4 is 5.78 Å². The Balaban J connectivity index is 2.28. The number of nitrogens with zero attached hydrogens (tertiary/aromatic N) is 5. The normalized spacial score (nSPS) is 10.9. The number of benzene rings is 1. The number of hydrogen-bond acceptors (Lipinski definition) is 4. The van der Waals surface area contributed by atoms with Gasteiger partial charge in [-0.05, 0) is 5.21 Å². The zero-order valence-corrected chi connectivity index (χ0v) is 7.12. The molecule has 0 unspecified atom stereocenters. The highest BCUT2D eigenvalue weighted by Gasteiger charge is 2.08. The molecule has 1 aromatic carbocycles. The van der Waals surface area contributed by atoms with Gasteiger partial charge in [0.15, 0.2) is 5.82 Å². The van der Waals surface area contributed by atoms with E-state index in [2.05, 4.69) is 25.7 Å². The van der Waals surface area contributed by atoms with Crippen molar-refractivity contribution in [1.82, 2.24) is 30.2 Å². The van der Waals surface area contributed by atoms with Crippen LogP contribution in [0.3, 0.4) is 0 Å². The molecular weight excluding hydrogens is 180 g/mol. The molecule has 2 aromatic heterocycles. The van der Waals surface area contributed by atoms with Crippen LogP contribution in [-0.4, -0.2) is 30.2 Å². The highest BCUT2D eigenvalue weighted by atomic mass is 15.6. The Bertz CT molecular complexity index is 551. The number of H-pyrrole nitrogens is 1. The van der Waals surface area contributed by atoms with Crippen LogP contribution < -0.4 is 0 Å². The lowest BCUT2D eigenvalue weighted by Gasteiger charge is -1.94. The summed E-state index contributed by atoms with van der Waals surface area (Å²) in [6.07, 6.45) is 0. The molecule has 0 radical (unpaired) electrons. The first-order chi connectivity index (χ1) is 6.95. The lowest BCUT2D eigenvalue weighted by atomic mass is 10.2. The maximum Gasteiger partial charge on any atom is 0.292 e. The number of hydrogen-bond donors (Lipinski definition) is 1. The topological polar surface area (TPSA) is 71.8 Å². The summed E-state index contributed by atoms with van der Waals surface area (Å²) in [5.41, 5.74) is 0.978. The third-order valence-electron chi connectivity index (χ3n) is 1.96. The largest absolute Gasteiger partial charge is 0.292 e. The molecule has 68 valence electrons. The van der Waals surface area contributed by atoms with Gasteiger partial charge in [-0.25, -0.2) is 0 Å². The summed E-state index contributed by atoms with van der Waals surface area (Å²) in [7, 11) is 0. The van der Waals surface area contributed by atoms with Crippen LogP contribution in [0.25, 0.3) is 17.2 Å². The maximum absolute atomic E-state index is 4.00. The number of tetrazole rings is 1. The molecule has 1 N–H and O–H groups in total. The molecule has 0 saturated heterocycles. The predicted octanol–water partition coefficient (Wildman–Crippen LogP) is 0.514. The molecule has 3 rings (SSSR count). The van der Waals surface area contributed by atoms with Gasteiger partial charge in [-0.1, -0.05) is 35.4 Å². The molecule has 6 heteroatoms. The van der Waals surface area contributed by atoms with Crippen LogP contribution in [0.5, 0.6) is 0 Å². The molecule has 2 heterocycles. The van der Waals surface area contributed by atoms with E-state index in [1.807, 2.05) is 30.3 Å². The molecule has 0 spiro atoms. The third-order valence-corrected chi connectivity index (χ3v) is 1.96. The fraction of sp³-hybridized carbons (Fsp3) is 0. The Morgan fingerprint density at radius 1 is 1.00 bits per heavy atom. The lowest BCUT2D eigenvalue weighted by molar-refractivity contribution is 0.820. The van der Waals surface area contributed by atoms with Crippen LogP contribution in [0.4, 0.5) is 0 Å². The summed E-state index contributed by atoms with van der Waals surface area (Å²) in [6, 6.07) is 9.75. The van der Waals surface area contributed by atoms with Crippen molar-refractivity contribution in [3.63, 3.8) is 0 Å². The van der Waals surface area contributed by atoms with Crippen LogP contribution in [0.2, 0.25) is 0 Å². The van der Waals surface area contributed by atoms with Gasteiger partial charge < -0.3 is 0 Å². The quantitative estimate of drug-likeness (QED) is 0.601. The minimum absolute atomic E-state index is 0.476. The first kappa shape index (κ1) is 7.19. The summed E-state index contributed by atoms with van der Waals surface area (Å²) in [5, 5.41) is 17.9. The summed E-state index contributed by atoms with van der Waals surface area (Å²) in [4.78, 5) is 0.